The van der Waals surface area contributed by atoms with Crippen molar-refractivity contribution < 1.29 is 52.0 Å². The molecular weight excluding hydrogens is 888 g/mol. The number of hydrogen-bond acceptors (Lipinski definition) is 9. The van der Waals surface area contributed by atoms with Crippen molar-refractivity contribution in [2.45, 2.75) is 277 Å². The van der Waals surface area contributed by atoms with Gasteiger partial charge in [0, 0.05) is 32.5 Å². The van der Waals surface area contributed by atoms with E-state index in [0.717, 1.165) is 142 Å². The molecular formula is C55H104F3N3O8. The summed E-state index contributed by atoms with van der Waals surface area (Å²) in [5, 5.41) is 24.5. The van der Waals surface area contributed by atoms with E-state index in [0.29, 0.717) is 32.5 Å². The molecule has 1 unspecified atom stereocenters. The number of esters is 2. The van der Waals surface area contributed by atoms with Crippen LogP contribution in [0.15, 0.2) is 0 Å². The Hall–Kier alpha value is -2.45. The molecule has 0 bridgehead atoms. The summed E-state index contributed by atoms with van der Waals surface area (Å²) in [5.74, 6) is -2.58. The average Bonchev–Trinajstić information content (AvgIpc) is 3.87. The molecule has 1 amide bonds. The number of unbranched alkanes of at least 4 members (excludes halogenated alkanes) is 25. The highest BCUT2D eigenvalue weighted by Gasteiger charge is 2.38. The first-order chi connectivity index (χ1) is 33.3. The lowest BCUT2D eigenvalue weighted by Crippen LogP contribution is -2.34. The van der Waals surface area contributed by atoms with Crippen LogP contribution in [0.4, 0.5) is 13.2 Å². The zero-order chi connectivity index (χ0) is 51.1. The van der Waals surface area contributed by atoms with Crippen molar-refractivity contribution in [3.63, 3.8) is 0 Å². The van der Waals surface area contributed by atoms with Crippen LogP contribution < -0.4 is 10.6 Å². The predicted octanol–water partition coefficient (Wildman–Crippen LogP) is 13.6. The number of halogens is 3. The Labute approximate surface area is 418 Å². The summed E-state index contributed by atoms with van der Waals surface area (Å²) >= 11 is 0. The van der Waals surface area contributed by atoms with Gasteiger partial charge in [0.2, 0.25) is 5.91 Å². The zero-order valence-corrected chi connectivity index (χ0v) is 44.3. The molecule has 2 atom stereocenters. The highest BCUT2D eigenvalue weighted by Crippen LogP contribution is 2.19. The van der Waals surface area contributed by atoms with Crippen LogP contribution in [0, 0.1) is 5.92 Å². The van der Waals surface area contributed by atoms with Gasteiger partial charge >= 0.3 is 24.1 Å². The molecule has 408 valence electrons. The number of carboxylic acid groups (broad SMARTS) is 1. The minimum Gasteiger partial charge on any atom is -0.475 e. The lowest BCUT2D eigenvalue weighted by molar-refractivity contribution is -0.192. The third-order valence-electron chi connectivity index (χ3n) is 13.2. The molecule has 1 saturated heterocycles. The Morgan fingerprint density at radius 1 is 0.609 bits per heavy atom. The van der Waals surface area contributed by atoms with Crippen LogP contribution in [0.25, 0.3) is 0 Å². The van der Waals surface area contributed by atoms with Gasteiger partial charge in [-0.25, -0.2) is 4.79 Å². The van der Waals surface area contributed by atoms with Gasteiger partial charge in [0.1, 0.15) is 6.10 Å². The van der Waals surface area contributed by atoms with E-state index in [1.807, 2.05) is 0 Å². The Morgan fingerprint density at radius 2 is 1.04 bits per heavy atom. The Morgan fingerprint density at radius 3 is 1.54 bits per heavy atom. The highest BCUT2D eigenvalue weighted by molar-refractivity contribution is 5.79. The second-order valence-corrected chi connectivity index (χ2v) is 19.8. The number of aliphatic carboxylic acids is 1. The maximum absolute atomic E-state index is 12.9. The number of aliphatic hydroxyl groups excluding tert-OH is 1. The van der Waals surface area contributed by atoms with Gasteiger partial charge in [-0.1, -0.05) is 162 Å². The van der Waals surface area contributed by atoms with E-state index in [4.69, 9.17) is 19.4 Å². The first kappa shape index (κ1) is 66.6. The van der Waals surface area contributed by atoms with Crippen molar-refractivity contribution in [2.24, 2.45) is 5.92 Å². The fraction of sp³-hybridized carbons (Fsp3) is 0.927. The van der Waals surface area contributed by atoms with E-state index < -0.39 is 18.2 Å². The molecule has 0 aromatic carbocycles. The normalized spacial score (nSPS) is 14.2. The van der Waals surface area contributed by atoms with Gasteiger partial charge in [0.05, 0.1) is 18.6 Å². The molecule has 1 aliphatic heterocycles. The summed E-state index contributed by atoms with van der Waals surface area (Å²) in [6.45, 7) is 12.2. The average molecular weight is 992 g/mol. The number of hydrogen-bond donors (Lipinski definition) is 4. The van der Waals surface area contributed by atoms with Crippen LogP contribution in [0.2, 0.25) is 0 Å². The molecule has 0 aliphatic carbocycles. The van der Waals surface area contributed by atoms with Crippen molar-refractivity contribution in [2.75, 3.05) is 45.9 Å². The van der Waals surface area contributed by atoms with E-state index in [-0.39, 0.29) is 29.9 Å². The Balaban J connectivity index is 0.00000609. The minimum atomic E-state index is -5.08. The standard InChI is InChI=1S/C53H103N3O6.C2HF3O2/c1-4-7-10-13-16-17-18-24-34-45-61-51(58)38-29-25-33-44-56(47-49(57)35-30-31-41-55-53(60)48-40-42-54-46-48)43-32-23-19-22-28-39-52(59)62-50(36-26-20-14-11-8-5-2)37-27-21-15-12-9-6-3;3-2(4,5)1(6)7/h48-50,54,57H,4-47H2,1-3H3,(H,55,60);(H,6,7)/t48-,49?;/m0./s1. The molecule has 1 heterocycles. The molecule has 0 spiro atoms. The molecule has 1 fully saturated rings. The van der Waals surface area contributed by atoms with Crippen molar-refractivity contribution in [3.8, 4) is 0 Å². The number of carbonyl (C=O) groups is 4. The summed E-state index contributed by atoms with van der Waals surface area (Å²) in [4.78, 5) is 48.8. The maximum Gasteiger partial charge on any atom is 0.490 e. The minimum absolute atomic E-state index is 0.00677. The Bertz CT molecular complexity index is 1190. The zero-order valence-electron chi connectivity index (χ0n) is 44.3. The number of nitrogens with one attached hydrogen (secondary N) is 2. The summed E-state index contributed by atoms with van der Waals surface area (Å²) in [6.07, 6.45) is 35.7. The number of alkyl halides is 3. The van der Waals surface area contributed by atoms with Gasteiger partial charge in [-0.2, -0.15) is 13.2 Å². The van der Waals surface area contributed by atoms with Gasteiger partial charge in [-0.15, -0.1) is 0 Å². The van der Waals surface area contributed by atoms with Gasteiger partial charge in [0.25, 0.3) is 0 Å². The van der Waals surface area contributed by atoms with Crippen LogP contribution in [-0.2, 0) is 28.7 Å². The molecule has 0 radical (unpaired) electrons. The topological polar surface area (TPSA) is 154 Å². The summed E-state index contributed by atoms with van der Waals surface area (Å²) in [7, 11) is 0. The number of ether oxygens (including phenoxy) is 2. The van der Waals surface area contributed by atoms with Crippen molar-refractivity contribution in [1.82, 2.24) is 15.5 Å². The van der Waals surface area contributed by atoms with Crippen LogP contribution in [0.1, 0.15) is 258 Å². The van der Waals surface area contributed by atoms with Gasteiger partial charge in [-0.3, -0.25) is 14.4 Å². The highest BCUT2D eigenvalue weighted by atomic mass is 19.4. The fourth-order valence-electron chi connectivity index (χ4n) is 8.82. The lowest BCUT2D eigenvalue weighted by atomic mass is 10.0. The number of nitrogens with zero attached hydrogens (tertiary/aromatic N) is 1. The van der Waals surface area contributed by atoms with Crippen molar-refractivity contribution in [3.05, 3.63) is 0 Å². The molecule has 0 aromatic rings. The van der Waals surface area contributed by atoms with E-state index >= 15 is 0 Å². The number of carbonyl (C=O) groups excluding carboxylic acids is 3. The third kappa shape index (κ3) is 45.2. The van der Waals surface area contributed by atoms with Gasteiger partial charge in [-0.05, 0) is 103 Å². The molecule has 0 aromatic heterocycles. The fourth-order valence-corrected chi connectivity index (χ4v) is 8.82. The van der Waals surface area contributed by atoms with Gasteiger partial charge < -0.3 is 35.2 Å². The smallest absolute Gasteiger partial charge is 0.475 e. The number of aliphatic hydroxyl groups is 1. The van der Waals surface area contributed by atoms with Crippen LogP contribution in [0.5, 0.6) is 0 Å². The molecule has 4 N–H and O–H groups in total. The summed E-state index contributed by atoms with van der Waals surface area (Å²) in [5.41, 5.74) is 0. The first-order valence-electron chi connectivity index (χ1n) is 28.4. The molecule has 1 rings (SSSR count). The monoisotopic (exact) mass is 992 g/mol. The predicted molar refractivity (Wildman–Crippen MR) is 274 cm³/mol. The van der Waals surface area contributed by atoms with Crippen LogP contribution >= 0.6 is 0 Å². The van der Waals surface area contributed by atoms with Crippen molar-refractivity contribution >= 4 is 23.8 Å². The van der Waals surface area contributed by atoms with Crippen LogP contribution in [0.3, 0.4) is 0 Å². The van der Waals surface area contributed by atoms with E-state index in [9.17, 15) is 32.7 Å². The number of carboxylic acids is 1. The third-order valence-corrected chi connectivity index (χ3v) is 13.2. The quantitative estimate of drug-likeness (QED) is 0.0342. The summed E-state index contributed by atoms with van der Waals surface area (Å²) in [6, 6.07) is 0. The second kappa shape index (κ2) is 47.9. The van der Waals surface area contributed by atoms with Gasteiger partial charge in [0.15, 0.2) is 0 Å². The second-order valence-electron chi connectivity index (χ2n) is 19.8. The van der Waals surface area contributed by atoms with E-state index in [1.165, 1.54) is 109 Å². The van der Waals surface area contributed by atoms with E-state index in [2.05, 4.69) is 36.3 Å². The van der Waals surface area contributed by atoms with Crippen molar-refractivity contribution in [1.29, 1.82) is 0 Å². The molecule has 69 heavy (non-hydrogen) atoms. The molecule has 1 aliphatic rings. The molecule has 14 heteroatoms. The number of amides is 1. The van der Waals surface area contributed by atoms with Crippen LogP contribution in [-0.4, -0.2) is 103 Å². The first-order valence-corrected chi connectivity index (χ1v) is 28.4. The summed E-state index contributed by atoms with van der Waals surface area (Å²) < 4.78 is 43.3. The Kier molecular flexibility index (Phi) is 46.2. The number of rotatable bonds is 47. The molecule has 0 saturated carbocycles. The molecule has 11 nitrogen and oxygen atoms in total. The maximum atomic E-state index is 12.9. The van der Waals surface area contributed by atoms with E-state index in [1.54, 1.807) is 0 Å². The SMILES string of the molecule is CCCCCCCCCCCOC(=O)CCCCCN(CCCCCCCC(=O)OC(CCCCCCCC)CCCCCCCC)CC(O)CCCCNC(=O)[C@H]1CCNC1.O=C(O)C(F)(F)F. The largest absolute Gasteiger partial charge is 0.490 e. The lowest BCUT2D eigenvalue weighted by Gasteiger charge is -2.25.